The van der Waals surface area contributed by atoms with E-state index < -0.39 is 0 Å². The van der Waals surface area contributed by atoms with Crippen molar-refractivity contribution >= 4 is 22.9 Å². The molecule has 5 rings (SSSR count). The summed E-state index contributed by atoms with van der Waals surface area (Å²) in [7, 11) is 0. The van der Waals surface area contributed by atoms with Crippen LogP contribution in [0.4, 0.5) is 9.18 Å². The first kappa shape index (κ1) is 17.7. The predicted octanol–water partition coefficient (Wildman–Crippen LogP) is 2.59. The monoisotopic (exact) mass is 394 g/mol. The second-order valence-electron chi connectivity index (χ2n) is 7.38. The fraction of sp³-hybridized carbons (Fsp3) is 0.286. The fourth-order valence-corrected chi connectivity index (χ4v) is 4.10. The standard InChI is InChI=1S/C21H19FN4O3/c22-14-4-5-16-13(9-14)10-17(24-16)20(27)25-11-18-19(12-25)29-21(28)26(18)8-6-15-3-1-2-7-23-15/h1-5,7,9-10,18-19,24H,6,8,11-12H2/t18-,19+/m0/s1. The molecule has 0 radical (unpaired) electrons. The van der Waals surface area contributed by atoms with Crippen LogP contribution in [0.1, 0.15) is 16.2 Å². The lowest BCUT2D eigenvalue weighted by Gasteiger charge is -2.22. The first-order valence-corrected chi connectivity index (χ1v) is 9.53. The molecule has 0 unspecified atom stereocenters. The van der Waals surface area contributed by atoms with Gasteiger partial charge in [-0.05, 0) is 36.4 Å². The minimum Gasteiger partial charge on any atom is -0.442 e. The van der Waals surface area contributed by atoms with Crippen molar-refractivity contribution in [2.24, 2.45) is 0 Å². The largest absolute Gasteiger partial charge is 0.442 e. The summed E-state index contributed by atoms with van der Waals surface area (Å²) in [4.78, 5) is 35.9. The van der Waals surface area contributed by atoms with Crippen LogP contribution in [0.5, 0.6) is 0 Å². The van der Waals surface area contributed by atoms with E-state index in [0.717, 1.165) is 5.69 Å². The van der Waals surface area contributed by atoms with E-state index in [-0.39, 0.29) is 30.0 Å². The third-order valence-electron chi connectivity index (χ3n) is 5.56. The Balaban J connectivity index is 1.29. The van der Waals surface area contributed by atoms with Gasteiger partial charge in [-0.2, -0.15) is 0 Å². The molecule has 2 atom stereocenters. The van der Waals surface area contributed by atoms with Crippen LogP contribution in [0.15, 0.2) is 48.7 Å². The highest BCUT2D eigenvalue weighted by atomic mass is 19.1. The lowest BCUT2D eigenvalue weighted by Crippen LogP contribution is -2.40. The summed E-state index contributed by atoms with van der Waals surface area (Å²) in [6.45, 7) is 1.24. The molecule has 2 aliphatic rings. The first-order valence-electron chi connectivity index (χ1n) is 9.53. The summed E-state index contributed by atoms with van der Waals surface area (Å²) in [6.07, 6.45) is 1.67. The molecule has 0 spiro atoms. The molecule has 1 aromatic carbocycles. The van der Waals surface area contributed by atoms with Crippen molar-refractivity contribution in [1.29, 1.82) is 0 Å². The maximum atomic E-state index is 13.4. The van der Waals surface area contributed by atoms with Gasteiger partial charge in [-0.15, -0.1) is 0 Å². The Hall–Kier alpha value is -3.42. The molecular weight excluding hydrogens is 375 g/mol. The third kappa shape index (κ3) is 3.20. The van der Waals surface area contributed by atoms with Crippen LogP contribution < -0.4 is 0 Å². The van der Waals surface area contributed by atoms with Crippen LogP contribution >= 0.6 is 0 Å². The Morgan fingerprint density at radius 3 is 2.97 bits per heavy atom. The minimum atomic E-state index is -0.346. The molecule has 0 aliphatic carbocycles. The first-order chi connectivity index (χ1) is 14.1. The molecule has 4 heterocycles. The van der Waals surface area contributed by atoms with E-state index in [2.05, 4.69) is 9.97 Å². The number of fused-ring (bicyclic) bond motifs is 2. The Bertz CT molecular complexity index is 1080. The maximum Gasteiger partial charge on any atom is 0.410 e. The third-order valence-corrected chi connectivity index (χ3v) is 5.56. The number of hydrogen-bond acceptors (Lipinski definition) is 4. The van der Waals surface area contributed by atoms with Gasteiger partial charge in [0, 0.05) is 42.3 Å². The van der Waals surface area contributed by atoms with Crippen molar-refractivity contribution in [2.75, 3.05) is 19.6 Å². The Morgan fingerprint density at radius 1 is 1.24 bits per heavy atom. The molecule has 0 bridgehead atoms. The maximum absolute atomic E-state index is 13.4. The number of nitrogens with zero attached hydrogens (tertiary/aromatic N) is 3. The van der Waals surface area contributed by atoms with Crippen LogP contribution in [0.25, 0.3) is 10.9 Å². The number of aromatic amines is 1. The van der Waals surface area contributed by atoms with Gasteiger partial charge in [0.15, 0.2) is 0 Å². The Morgan fingerprint density at radius 2 is 2.14 bits per heavy atom. The van der Waals surface area contributed by atoms with E-state index >= 15 is 0 Å². The zero-order chi connectivity index (χ0) is 20.0. The molecule has 2 aliphatic heterocycles. The molecule has 2 aromatic heterocycles. The summed E-state index contributed by atoms with van der Waals surface area (Å²) >= 11 is 0. The molecule has 29 heavy (non-hydrogen) atoms. The summed E-state index contributed by atoms with van der Waals surface area (Å²) in [5, 5.41) is 0.649. The van der Waals surface area contributed by atoms with Gasteiger partial charge in [-0.1, -0.05) is 6.07 Å². The van der Waals surface area contributed by atoms with Gasteiger partial charge in [-0.3, -0.25) is 14.7 Å². The number of amides is 2. The van der Waals surface area contributed by atoms with Gasteiger partial charge < -0.3 is 14.6 Å². The van der Waals surface area contributed by atoms with E-state index in [9.17, 15) is 14.0 Å². The van der Waals surface area contributed by atoms with Gasteiger partial charge in [0.1, 0.15) is 17.6 Å². The quantitative estimate of drug-likeness (QED) is 0.738. The van der Waals surface area contributed by atoms with Gasteiger partial charge >= 0.3 is 6.09 Å². The van der Waals surface area contributed by atoms with Crippen LogP contribution in [0.2, 0.25) is 0 Å². The summed E-state index contributed by atoms with van der Waals surface area (Å²) in [6, 6.07) is 11.5. The molecule has 2 amide bonds. The number of carbonyl (C=O) groups excluding carboxylic acids is 2. The summed E-state index contributed by atoms with van der Waals surface area (Å²) < 4.78 is 18.9. The van der Waals surface area contributed by atoms with E-state index in [4.69, 9.17) is 4.74 Å². The number of nitrogens with one attached hydrogen (secondary N) is 1. The van der Waals surface area contributed by atoms with Gasteiger partial charge in [0.25, 0.3) is 5.91 Å². The molecule has 0 saturated carbocycles. The number of hydrogen-bond donors (Lipinski definition) is 1. The summed E-state index contributed by atoms with van der Waals surface area (Å²) in [5.41, 5.74) is 2.01. The molecule has 148 valence electrons. The SMILES string of the molecule is O=C(c1cc2cc(F)ccc2[nH]1)N1C[C@H]2OC(=O)N(CCc3ccccn3)[C@H]2C1. The Labute approximate surface area is 166 Å². The number of H-pyrrole nitrogens is 1. The highest BCUT2D eigenvalue weighted by Gasteiger charge is 2.48. The van der Waals surface area contributed by atoms with Gasteiger partial charge in [-0.25, -0.2) is 9.18 Å². The van der Waals surface area contributed by atoms with Crippen LogP contribution in [-0.4, -0.2) is 63.5 Å². The average molecular weight is 394 g/mol. The van der Waals surface area contributed by atoms with Crippen molar-refractivity contribution in [3.05, 3.63) is 65.9 Å². The molecule has 8 heteroatoms. The number of benzene rings is 1. The van der Waals surface area contributed by atoms with Gasteiger partial charge in [0.05, 0.1) is 12.6 Å². The van der Waals surface area contributed by atoms with Crippen LogP contribution in [0.3, 0.4) is 0 Å². The van der Waals surface area contributed by atoms with E-state index in [1.54, 1.807) is 28.1 Å². The van der Waals surface area contributed by atoms with Crippen molar-refractivity contribution in [3.8, 4) is 0 Å². The second kappa shape index (κ2) is 6.88. The summed E-state index contributed by atoms with van der Waals surface area (Å²) in [5.74, 6) is -0.529. The number of carbonyl (C=O) groups is 2. The highest BCUT2D eigenvalue weighted by molar-refractivity contribution is 5.98. The molecule has 2 fully saturated rings. The van der Waals surface area contributed by atoms with Crippen LogP contribution in [-0.2, 0) is 11.2 Å². The molecule has 3 aromatic rings. The fourth-order valence-electron chi connectivity index (χ4n) is 4.10. The molecule has 7 nitrogen and oxygen atoms in total. The smallest absolute Gasteiger partial charge is 0.410 e. The van der Waals surface area contributed by atoms with Crippen molar-refractivity contribution in [1.82, 2.24) is 19.8 Å². The number of likely N-dealkylation sites (tertiary alicyclic amines) is 1. The average Bonchev–Trinajstić information content (AvgIpc) is 3.39. The lowest BCUT2D eigenvalue weighted by atomic mass is 10.2. The highest BCUT2D eigenvalue weighted by Crippen LogP contribution is 2.28. The molecule has 1 N–H and O–H groups in total. The van der Waals surface area contributed by atoms with Crippen molar-refractivity contribution in [3.63, 3.8) is 0 Å². The molecular formula is C21H19FN4O3. The zero-order valence-electron chi connectivity index (χ0n) is 15.5. The van der Waals surface area contributed by atoms with Crippen molar-refractivity contribution < 1.29 is 18.7 Å². The zero-order valence-corrected chi connectivity index (χ0v) is 15.5. The van der Waals surface area contributed by atoms with Crippen molar-refractivity contribution in [2.45, 2.75) is 18.6 Å². The topological polar surface area (TPSA) is 78.5 Å². The van der Waals surface area contributed by atoms with Crippen LogP contribution in [0, 0.1) is 5.82 Å². The lowest BCUT2D eigenvalue weighted by molar-refractivity contribution is 0.0723. The van der Waals surface area contributed by atoms with E-state index in [1.807, 2.05) is 18.2 Å². The predicted molar refractivity (Wildman–Crippen MR) is 103 cm³/mol. The van der Waals surface area contributed by atoms with E-state index in [0.29, 0.717) is 42.7 Å². The number of rotatable bonds is 4. The minimum absolute atomic E-state index is 0.169. The molecule has 2 saturated heterocycles. The number of pyridine rings is 1. The second-order valence-corrected chi connectivity index (χ2v) is 7.38. The number of aromatic nitrogens is 2. The van der Waals surface area contributed by atoms with E-state index in [1.165, 1.54) is 12.1 Å². The Kier molecular flexibility index (Phi) is 4.19. The number of ether oxygens (including phenoxy) is 1. The van der Waals surface area contributed by atoms with Gasteiger partial charge in [0.2, 0.25) is 0 Å². The normalized spacial score (nSPS) is 20.9. The number of halogens is 1.